The van der Waals surface area contributed by atoms with Gasteiger partial charge in [0, 0.05) is 37.2 Å². The van der Waals surface area contributed by atoms with Gasteiger partial charge in [-0.05, 0) is 49.1 Å². The van der Waals surface area contributed by atoms with Gasteiger partial charge in [0.15, 0.2) is 6.29 Å². The molecule has 2 heterocycles. The number of aliphatic hydroxyl groups is 1. The normalized spacial score (nSPS) is 23.9. The van der Waals surface area contributed by atoms with Gasteiger partial charge in [0.1, 0.15) is 6.04 Å². The van der Waals surface area contributed by atoms with E-state index in [9.17, 15) is 27.9 Å². The van der Waals surface area contributed by atoms with Crippen molar-refractivity contribution >= 4 is 11.8 Å². The van der Waals surface area contributed by atoms with Crippen molar-refractivity contribution in [3.8, 4) is 0 Å². The second kappa shape index (κ2) is 15.0. The van der Waals surface area contributed by atoms with E-state index in [0.29, 0.717) is 17.9 Å². The molecule has 2 N–H and O–H groups in total. The lowest BCUT2D eigenvalue weighted by atomic mass is 9.89. The lowest BCUT2D eigenvalue weighted by molar-refractivity contribution is -0.276. The number of carbonyl (C=O) groups is 2. The van der Waals surface area contributed by atoms with Crippen LogP contribution in [0.3, 0.4) is 0 Å². The Labute approximate surface area is 273 Å². The van der Waals surface area contributed by atoms with Crippen molar-refractivity contribution in [1.29, 1.82) is 0 Å². The minimum atomic E-state index is -5.02. The van der Waals surface area contributed by atoms with Crippen LogP contribution >= 0.6 is 0 Å². The SMILES string of the molecule is C[C@@H]1[C@H](CN(C)[C@@H](C)c2ccccc2)O[C@H](c2ccc(CNC(=O)[C@@H]3CCCN3C(=O)C(F)(F)F)cc2)O[C@@H]1c1ccc(CO)cc1. The number of nitrogens with one attached hydrogen (secondary N) is 1. The molecule has 0 spiro atoms. The Bertz CT molecular complexity index is 1490. The van der Waals surface area contributed by atoms with Gasteiger partial charge in [-0.3, -0.25) is 14.5 Å². The third kappa shape index (κ3) is 8.21. The number of amides is 2. The van der Waals surface area contributed by atoms with Gasteiger partial charge in [-0.15, -0.1) is 0 Å². The zero-order valence-electron chi connectivity index (χ0n) is 26.8. The van der Waals surface area contributed by atoms with Gasteiger partial charge >= 0.3 is 12.1 Å². The van der Waals surface area contributed by atoms with E-state index in [2.05, 4.69) is 43.2 Å². The zero-order chi connectivity index (χ0) is 33.7. The standard InChI is InChI=1S/C36H42F3N3O5/c1-23-31(21-41(3)24(2)27-8-5-4-6-9-27)46-34(47-32(23)28-15-13-26(22-43)14-16-28)29-17-11-25(12-18-29)20-40-33(44)30-10-7-19-42(30)35(45)36(37,38)39/h4-6,8-9,11-18,23-24,30-32,34,43H,7,10,19-22H2,1-3H3,(H,40,44)/t23-,24+,30+,31+,32+,34+/m1/s1. The molecular weight excluding hydrogens is 611 g/mol. The first-order chi connectivity index (χ1) is 22.5. The number of benzene rings is 3. The van der Waals surface area contributed by atoms with Gasteiger partial charge in [0.2, 0.25) is 5.91 Å². The van der Waals surface area contributed by atoms with Crippen LogP contribution in [-0.2, 0) is 32.2 Å². The number of ether oxygens (including phenoxy) is 2. The molecule has 47 heavy (non-hydrogen) atoms. The van der Waals surface area contributed by atoms with Gasteiger partial charge in [-0.1, -0.05) is 85.8 Å². The van der Waals surface area contributed by atoms with E-state index in [1.54, 1.807) is 0 Å². The van der Waals surface area contributed by atoms with Crippen LogP contribution in [0.25, 0.3) is 0 Å². The van der Waals surface area contributed by atoms with E-state index in [1.807, 2.05) is 66.7 Å². The molecule has 252 valence electrons. The quantitative estimate of drug-likeness (QED) is 0.286. The molecular formula is C36H42F3N3O5. The fourth-order valence-corrected chi connectivity index (χ4v) is 6.30. The van der Waals surface area contributed by atoms with Crippen LogP contribution < -0.4 is 5.32 Å². The maximum atomic E-state index is 13.0. The lowest BCUT2D eigenvalue weighted by Gasteiger charge is -2.43. The molecule has 2 saturated heterocycles. The number of alkyl halides is 3. The van der Waals surface area contributed by atoms with Gasteiger partial charge in [0.05, 0.1) is 18.8 Å². The van der Waals surface area contributed by atoms with E-state index in [1.165, 1.54) is 5.56 Å². The van der Waals surface area contributed by atoms with E-state index in [-0.39, 0.29) is 50.3 Å². The van der Waals surface area contributed by atoms with E-state index < -0.39 is 30.3 Å². The van der Waals surface area contributed by atoms with E-state index in [0.717, 1.165) is 22.3 Å². The smallest absolute Gasteiger partial charge is 0.392 e. The number of carbonyl (C=O) groups excluding carboxylic acids is 2. The molecule has 2 aliphatic rings. The summed E-state index contributed by atoms with van der Waals surface area (Å²) in [5.41, 5.74) is 4.52. The maximum Gasteiger partial charge on any atom is 0.471 e. The number of hydrogen-bond donors (Lipinski definition) is 2. The van der Waals surface area contributed by atoms with Crippen LogP contribution in [-0.4, -0.2) is 65.2 Å². The Morgan fingerprint density at radius 3 is 2.26 bits per heavy atom. The van der Waals surface area contributed by atoms with Crippen LogP contribution in [0.2, 0.25) is 0 Å². The Morgan fingerprint density at radius 1 is 0.979 bits per heavy atom. The van der Waals surface area contributed by atoms with Crippen molar-refractivity contribution < 1.29 is 37.3 Å². The number of hydrogen-bond acceptors (Lipinski definition) is 6. The summed E-state index contributed by atoms with van der Waals surface area (Å²) in [6.07, 6.45) is -5.63. The first-order valence-electron chi connectivity index (χ1n) is 16.0. The Kier molecular flexibility index (Phi) is 11.0. The van der Waals surface area contributed by atoms with Crippen molar-refractivity contribution in [3.63, 3.8) is 0 Å². The molecule has 8 nitrogen and oxygen atoms in total. The third-order valence-corrected chi connectivity index (χ3v) is 9.31. The van der Waals surface area contributed by atoms with E-state index >= 15 is 0 Å². The molecule has 2 aliphatic heterocycles. The van der Waals surface area contributed by atoms with Crippen LogP contribution in [0, 0.1) is 5.92 Å². The first kappa shape index (κ1) is 34.6. The first-order valence-corrected chi connectivity index (χ1v) is 16.0. The van der Waals surface area contributed by atoms with Crippen LogP contribution in [0.5, 0.6) is 0 Å². The number of aliphatic hydroxyl groups excluding tert-OH is 1. The molecule has 11 heteroatoms. The molecule has 0 saturated carbocycles. The van der Waals surface area contributed by atoms with Crippen LogP contribution in [0.4, 0.5) is 13.2 Å². The maximum absolute atomic E-state index is 13.0. The Morgan fingerprint density at radius 2 is 1.62 bits per heavy atom. The largest absolute Gasteiger partial charge is 0.471 e. The summed E-state index contributed by atoms with van der Waals surface area (Å²) in [4.78, 5) is 27.4. The van der Waals surface area contributed by atoms with Gasteiger partial charge in [-0.2, -0.15) is 13.2 Å². The average Bonchev–Trinajstić information content (AvgIpc) is 3.58. The molecule has 3 aromatic carbocycles. The van der Waals surface area contributed by atoms with E-state index in [4.69, 9.17) is 9.47 Å². The second-order valence-corrected chi connectivity index (χ2v) is 12.5. The minimum Gasteiger partial charge on any atom is -0.392 e. The molecule has 0 aromatic heterocycles. The van der Waals surface area contributed by atoms with Gasteiger partial charge in [-0.25, -0.2) is 0 Å². The number of rotatable bonds is 10. The summed E-state index contributed by atoms with van der Waals surface area (Å²) >= 11 is 0. The summed E-state index contributed by atoms with van der Waals surface area (Å²) in [5, 5.41) is 12.2. The number of likely N-dealkylation sites (N-methyl/N-ethyl adjacent to an activating group) is 1. The fourth-order valence-electron chi connectivity index (χ4n) is 6.30. The molecule has 0 aliphatic carbocycles. The number of likely N-dealkylation sites (tertiary alicyclic amines) is 1. The highest BCUT2D eigenvalue weighted by molar-refractivity contribution is 5.90. The highest BCUT2D eigenvalue weighted by atomic mass is 19.4. The molecule has 5 rings (SSSR count). The summed E-state index contributed by atoms with van der Waals surface area (Å²) in [5.74, 6) is -2.59. The second-order valence-electron chi connectivity index (χ2n) is 12.5. The summed E-state index contributed by atoms with van der Waals surface area (Å²) in [6.45, 7) is 4.89. The minimum absolute atomic E-state index is 0.00511. The average molecular weight is 654 g/mol. The number of halogens is 3. The monoisotopic (exact) mass is 653 g/mol. The molecule has 2 fully saturated rings. The Hall–Kier alpha value is -3.77. The summed E-state index contributed by atoms with van der Waals surface area (Å²) < 4.78 is 52.1. The van der Waals surface area contributed by atoms with Crippen molar-refractivity contribution in [2.45, 2.75) is 76.6 Å². The van der Waals surface area contributed by atoms with Crippen LogP contribution in [0.15, 0.2) is 78.9 Å². The van der Waals surface area contributed by atoms with Crippen molar-refractivity contribution in [2.24, 2.45) is 5.92 Å². The van der Waals surface area contributed by atoms with Crippen molar-refractivity contribution in [2.75, 3.05) is 20.1 Å². The third-order valence-electron chi connectivity index (χ3n) is 9.31. The molecule has 3 aromatic rings. The van der Waals surface area contributed by atoms with Gasteiger partial charge < -0.3 is 24.8 Å². The summed E-state index contributed by atoms with van der Waals surface area (Å²) in [7, 11) is 2.08. The highest BCUT2D eigenvalue weighted by Crippen LogP contribution is 2.42. The number of nitrogens with zero attached hydrogens (tertiary/aromatic N) is 2. The Balaban J connectivity index is 1.28. The molecule has 0 radical (unpaired) electrons. The van der Waals surface area contributed by atoms with Gasteiger partial charge in [0.25, 0.3) is 0 Å². The van der Waals surface area contributed by atoms with Crippen LogP contribution in [0.1, 0.15) is 72.9 Å². The molecule has 6 atom stereocenters. The lowest BCUT2D eigenvalue weighted by Crippen LogP contribution is -2.50. The molecule has 0 unspecified atom stereocenters. The van der Waals surface area contributed by atoms with Crippen molar-refractivity contribution in [3.05, 3.63) is 107 Å². The topological polar surface area (TPSA) is 91.3 Å². The highest BCUT2D eigenvalue weighted by Gasteiger charge is 2.47. The van der Waals surface area contributed by atoms with Crippen molar-refractivity contribution in [1.82, 2.24) is 15.1 Å². The fraction of sp³-hybridized carbons (Fsp3) is 0.444. The predicted octanol–water partition coefficient (Wildman–Crippen LogP) is 5.83. The molecule has 2 amide bonds. The molecule has 0 bridgehead atoms. The predicted molar refractivity (Wildman–Crippen MR) is 170 cm³/mol. The summed E-state index contributed by atoms with van der Waals surface area (Å²) in [6, 6.07) is 24.4. The zero-order valence-corrected chi connectivity index (χ0v) is 26.8.